The summed E-state index contributed by atoms with van der Waals surface area (Å²) in [5, 5.41) is 10.6. The van der Waals surface area contributed by atoms with Crippen LogP contribution in [-0.2, 0) is 65.4 Å². The fourth-order valence-corrected chi connectivity index (χ4v) is 11.7. The number of esters is 4. The molecule has 0 fully saturated rings. The molecule has 5 atom stereocenters. The Morgan fingerprint density at radius 2 is 0.509 bits per heavy atom. The summed E-state index contributed by atoms with van der Waals surface area (Å²) in [6.45, 7) is 4.48. The number of aliphatic hydroxyl groups is 1. The number of allylic oxidation sites excluding steroid dienone is 30. The van der Waals surface area contributed by atoms with Gasteiger partial charge in [0, 0.05) is 25.7 Å². The van der Waals surface area contributed by atoms with Crippen molar-refractivity contribution in [1.29, 1.82) is 0 Å². The molecule has 0 aromatic carbocycles. The van der Waals surface area contributed by atoms with Crippen LogP contribution < -0.4 is 0 Å². The van der Waals surface area contributed by atoms with Crippen LogP contribution in [0.3, 0.4) is 0 Å². The molecule has 0 heterocycles. The minimum absolute atomic E-state index is 0.0447. The fraction of sp³-hybridized carbons (Fsp3) is 0.618. The van der Waals surface area contributed by atoms with Crippen molar-refractivity contribution in [2.45, 2.75) is 316 Å². The van der Waals surface area contributed by atoms with E-state index in [1.807, 2.05) is 30.4 Å². The lowest BCUT2D eigenvalue weighted by Gasteiger charge is -2.21. The van der Waals surface area contributed by atoms with Gasteiger partial charge in [0.25, 0.3) is 0 Å². The zero-order valence-electron chi connectivity index (χ0n) is 66.9. The second kappa shape index (κ2) is 79.3. The zero-order valence-corrected chi connectivity index (χ0v) is 68.7. The van der Waals surface area contributed by atoms with Crippen LogP contribution in [-0.4, -0.2) is 96.7 Å². The molecule has 0 spiro atoms. The van der Waals surface area contributed by atoms with Gasteiger partial charge in [0.2, 0.25) is 0 Å². The molecule has 2 unspecified atom stereocenters. The van der Waals surface area contributed by atoms with E-state index in [1.54, 1.807) is 0 Å². The van der Waals surface area contributed by atoms with Crippen LogP contribution in [0, 0.1) is 0 Å². The summed E-state index contributed by atoms with van der Waals surface area (Å²) in [6.07, 6.45) is 96.0. The average Bonchev–Trinajstić information content (AvgIpc) is 0.892. The third-order valence-electron chi connectivity index (χ3n) is 16.3. The first kappa shape index (κ1) is 102. The first-order valence-electron chi connectivity index (χ1n) is 41.0. The Morgan fingerprint density at radius 1 is 0.269 bits per heavy atom. The molecule has 0 rings (SSSR count). The summed E-state index contributed by atoms with van der Waals surface area (Å²) in [7, 11) is -10.0. The molecule has 0 radical (unpaired) electrons. The Labute approximate surface area is 654 Å². The van der Waals surface area contributed by atoms with Crippen LogP contribution in [0.25, 0.3) is 0 Å². The quantitative estimate of drug-likeness (QED) is 0.0169. The van der Waals surface area contributed by atoms with Crippen molar-refractivity contribution in [3.8, 4) is 0 Å². The van der Waals surface area contributed by atoms with E-state index in [4.69, 9.17) is 37.0 Å². The van der Waals surface area contributed by atoms with Gasteiger partial charge in [-0.05, 0) is 173 Å². The maximum Gasteiger partial charge on any atom is 0.472 e. The monoisotopic (exact) mass is 1550 g/mol. The van der Waals surface area contributed by atoms with E-state index >= 15 is 0 Å². The van der Waals surface area contributed by atoms with E-state index in [1.165, 1.54) is 64.2 Å². The molecule has 108 heavy (non-hydrogen) atoms. The number of carbonyl (C=O) groups is 4. The van der Waals surface area contributed by atoms with Gasteiger partial charge in [-0.3, -0.25) is 37.3 Å². The topological polar surface area (TPSA) is 237 Å². The number of rotatable bonds is 75. The molecular weight excluding hydrogens is 1400 g/mol. The van der Waals surface area contributed by atoms with Crippen molar-refractivity contribution < 1.29 is 80.2 Å². The standard InChI is InChI=1S/C89H144O17P2/c1-5-9-13-17-21-25-29-33-36-39-41-44-47-51-54-58-62-66-70-74-87(92)100-80-85(106-89(94)76-72-68-64-60-56-52-48-45-42-40-37-34-30-26-22-18-14-10-6-2)82-104-108(97,98)102-78-83(90)77-101-107(95,96)103-81-84(105-88(93)75-71-67-63-59-55-49-32-28-24-20-16-12-8-4)79-99-86(91)73-69-65-61-57-53-50-46-43-38-35-31-27-23-19-15-11-7-3/h9,13,21-23,25-28,32-38,41-42,44-46,50-52,54,56-57,61,64,68,83-85,90H,5-8,10-12,14-20,24,29-31,39-40,43,47-49,53,55,58-60,62-63,65-67,69-82H2,1-4H3,(H,95,96)(H,97,98)/b13-9-,25-21-,26-22-,27-23-,32-28-,36-33-,37-34-,38-35-,44-41-,45-42-,50-46-,54-51-,56-52-,61-57-,68-64-/t83-,84+,85+/m0/s1. The molecule has 0 aromatic rings. The van der Waals surface area contributed by atoms with Gasteiger partial charge < -0.3 is 33.8 Å². The lowest BCUT2D eigenvalue weighted by Crippen LogP contribution is -2.30. The molecule has 612 valence electrons. The van der Waals surface area contributed by atoms with Gasteiger partial charge in [0.05, 0.1) is 26.4 Å². The summed E-state index contributed by atoms with van der Waals surface area (Å²) in [5.74, 6) is -2.40. The average molecular weight is 1550 g/mol. The van der Waals surface area contributed by atoms with E-state index in [2.05, 4.69) is 180 Å². The third kappa shape index (κ3) is 78.3. The van der Waals surface area contributed by atoms with Crippen molar-refractivity contribution in [2.24, 2.45) is 0 Å². The maximum atomic E-state index is 13.1. The lowest BCUT2D eigenvalue weighted by molar-refractivity contribution is -0.161. The highest BCUT2D eigenvalue weighted by atomic mass is 31.2. The van der Waals surface area contributed by atoms with Gasteiger partial charge in [-0.2, -0.15) is 0 Å². The van der Waals surface area contributed by atoms with Crippen molar-refractivity contribution in [3.63, 3.8) is 0 Å². The van der Waals surface area contributed by atoms with Gasteiger partial charge in [-0.25, -0.2) is 9.13 Å². The molecule has 17 nitrogen and oxygen atoms in total. The van der Waals surface area contributed by atoms with Crippen LogP contribution in [0.2, 0.25) is 0 Å². The largest absolute Gasteiger partial charge is 0.472 e. The molecule has 3 N–H and O–H groups in total. The van der Waals surface area contributed by atoms with Crippen LogP contribution in [0.1, 0.15) is 297 Å². The Bertz CT molecular complexity index is 2760. The number of hydrogen-bond acceptors (Lipinski definition) is 15. The summed E-state index contributed by atoms with van der Waals surface area (Å²) in [5.41, 5.74) is 0. The van der Waals surface area contributed by atoms with Crippen molar-refractivity contribution in [1.82, 2.24) is 0 Å². The Balaban J connectivity index is 5.54. The first-order valence-corrected chi connectivity index (χ1v) is 44.0. The second-order valence-electron chi connectivity index (χ2n) is 26.6. The minimum atomic E-state index is -5.02. The number of unbranched alkanes of at least 4 members (excludes halogenated alkanes) is 19. The van der Waals surface area contributed by atoms with Gasteiger partial charge in [0.1, 0.15) is 19.3 Å². The Morgan fingerprint density at radius 3 is 0.870 bits per heavy atom. The highest BCUT2D eigenvalue weighted by molar-refractivity contribution is 7.47. The predicted molar refractivity (Wildman–Crippen MR) is 445 cm³/mol. The minimum Gasteiger partial charge on any atom is -0.462 e. The van der Waals surface area contributed by atoms with Crippen molar-refractivity contribution in [2.75, 3.05) is 39.6 Å². The van der Waals surface area contributed by atoms with Crippen molar-refractivity contribution in [3.05, 3.63) is 182 Å². The summed E-state index contributed by atoms with van der Waals surface area (Å²) >= 11 is 0. The second-order valence-corrected chi connectivity index (χ2v) is 29.5. The molecule has 0 saturated carbocycles. The number of carbonyl (C=O) groups excluding carboxylic acids is 4. The SMILES string of the molecule is CC/C=C\C/C=C\C/C=C\C/C=C\C/C=C\CCCCCC(=O)OC[C@H](COP(=O)(O)OC[C@@H](O)COP(=O)(O)OC[C@@H](COC(=O)CCC/C=C\C/C=C\C/C=C\C/C=C\CCCCC)OC(=O)CCCCCCC/C=C\CCCCCC)OC(=O)CC/C=C\C/C=C\C/C=C\C/C=C\C/C=C\CCCCC. The molecule has 0 amide bonds. The summed E-state index contributed by atoms with van der Waals surface area (Å²) in [4.78, 5) is 73.0. The van der Waals surface area contributed by atoms with E-state index < -0.39 is 97.5 Å². The van der Waals surface area contributed by atoms with E-state index in [9.17, 15) is 43.2 Å². The highest BCUT2D eigenvalue weighted by Gasteiger charge is 2.30. The van der Waals surface area contributed by atoms with E-state index in [0.717, 1.165) is 141 Å². The summed E-state index contributed by atoms with van der Waals surface area (Å²) in [6, 6.07) is 0. The van der Waals surface area contributed by atoms with Crippen LogP contribution in [0.4, 0.5) is 0 Å². The third-order valence-corrected chi connectivity index (χ3v) is 18.2. The summed E-state index contributed by atoms with van der Waals surface area (Å²) < 4.78 is 68.5. The number of phosphoric ester groups is 2. The molecule has 0 aliphatic carbocycles. The van der Waals surface area contributed by atoms with Gasteiger partial charge in [-0.1, -0.05) is 281 Å². The smallest absolute Gasteiger partial charge is 0.462 e. The van der Waals surface area contributed by atoms with Gasteiger partial charge >= 0.3 is 39.5 Å². The zero-order chi connectivity index (χ0) is 78.9. The Kier molecular flexibility index (Phi) is 75.0. The molecular formula is C89H144O17P2. The molecule has 19 heteroatoms. The number of hydrogen-bond donors (Lipinski definition) is 3. The molecule has 0 aromatic heterocycles. The first-order chi connectivity index (χ1) is 52.7. The number of ether oxygens (including phenoxy) is 4. The molecule has 0 aliphatic rings. The number of phosphoric acid groups is 2. The normalized spacial score (nSPS) is 14.8. The molecule has 0 bridgehead atoms. The van der Waals surface area contributed by atoms with Crippen molar-refractivity contribution >= 4 is 39.5 Å². The highest BCUT2D eigenvalue weighted by Crippen LogP contribution is 2.45. The van der Waals surface area contributed by atoms with Crippen LogP contribution in [0.15, 0.2) is 182 Å². The van der Waals surface area contributed by atoms with Gasteiger partial charge in [-0.15, -0.1) is 0 Å². The fourth-order valence-electron chi connectivity index (χ4n) is 10.1. The van der Waals surface area contributed by atoms with Crippen LogP contribution >= 0.6 is 15.6 Å². The predicted octanol–water partition coefficient (Wildman–Crippen LogP) is 24.3. The molecule has 0 aliphatic heterocycles. The lowest BCUT2D eigenvalue weighted by atomic mass is 10.1. The van der Waals surface area contributed by atoms with Gasteiger partial charge in [0.15, 0.2) is 12.2 Å². The number of aliphatic hydroxyl groups excluding tert-OH is 1. The Hall–Kier alpha value is -5.84. The van der Waals surface area contributed by atoms with E-state index in [-0.39, 0.29) is 25.7 Å². The van der Waals surface area contributed by atoms with E-state index in [0.29, 0.717) is 38.5 Å². The maximum absolute atomic E-state index is 13.1. The molecule has 0 saturated heterocycles. The van der Waals surface area contributed by atoms with Crippen LogP contribution in [0.5, 0.6) is 0 Å².